The van der Waals surface area contributed by atoms with E-state index in [-0.39, 0.29) is 5.91 Å². The van der Waals surface area contributed by atoms with Crippen LogP contribution in [0.1, 0.15) is 15.9 Å². The minimum absolute atomic E-state index is 0.203. The summed E-state index contributed by atoms with van der Waals surface area (Å²) in [5.41, 5.74) is 4.86. The number of nitrogens with one attached hydrogen (secondary N) is 1. The molecule has 0 aliphatic carbocycles. The number of aromatic nitrogens is 2. The zero-order chi connectivity index (χ0) is 18.8. The monoisotopic (exact) mass is 357 g/mol. The molecule has 0 bridgehead atoms. The van der Waals surface area contributed by atoms with Crippen molar-refractivity contribution in [1.82, 2.24) is 9.38 Å². The number of nitrogens with zero attached hydrogens (tertiary/aromatic N) is 2. The third-order valence-corrected chi connectivity index (χ3v) is 4.40. The molecule has 0 atom stereocenters. The molecule has 4 aromatic rings. The molecule has 4 rings (SSSR count). The summed E-state index contributed by atoms with van der Waals surface area (Å²) in [6, 6.07) is 19.2. The molecule has 27 heavy (non-hydrogen) atoms. The fourth-order valence-electron chi connectivity index (χ4n) is 2.99. The van der Waals surface area contributed by atoms with E-state index in [1.54, 1.807) is 19.2 Å². The Morgan fingerprint density at radius 1 is 1.07 bits per heavy atom. The van der Waals surface area contributed by atoms with Gasteiger partial charge in [0.1, 0.15) is 11.4 Å². The summed E-state index contributed by atoms with van der Waals surface area (Å²) in [5, 5.41) is 2.92. The lowest BCUT2D eigenvalue weighted by Gasteiger charge is -2.11. The SMILES string of the molecule is COc1ccc(C)cc1NC(=O)c1ccn2cc(-c3ccccc3)nc2c1. The van der Waals surface area contributed by atoms with Gasteiger partial charge in [-0.3, -0.25) is 4.79 Å². The highest BCUT2D eigenvalue weighted by Gasteiger charge is 2.12. The quantitative estimate of drug-likeness (QED) is 0.582. The number of rotatable bonds is 4. The minimum Gasteiger partial charge on any atom is -0.495 e. The summed E-state index contributed by atoms with van der Waals surface area (Å²) >= 11 is 0. The number of hydrogen-bond acceptors (Lipinski definition) is 3. The van der Waals surface area contributed by atoms with Crippen LogP contribution >= 0.6 is 0 Å². The van der Waals surface area contributed by atoms with Crippen LogP contribution < -0.4 is 10.1 Å². The van der Waals surface area contributed by atoms with Gasteiger partial charge in [-0.25, -0.2) is 4.98 Å². The average Bonchev–Trinajstić information content (AvgIpc) is 3.12. The Labute approximate surface area is 157 Å². The van der Waals surface area contributed by atoms with Gasteiger partial charge in [-0.05, 0) is 36.8 Å². The van der Waals surface area contributed by atoms with Crippen molar-refractivity contribution in [2.45, 2.75) is 6.92 Å². The van der Waals surface area contributed by atoms with E-state index in [4.69, 9.17) is 4.74 Å². The lowest BCUT2D eigenvalue weighted by molar-refractivity contribution is 0.102. The number of carbonyl (C=O) groups excluding carboxylic acids is 1. The van der Waals surface area contributed by atoms with Crippen LogP contribution in [0.15, 0.2) is 73.1 Å². The number of benzene rings is 2. The first-order valence-corrected chi connectivity index (χ1v) is 8.64. The lowest BCUT2D eigenvalue weighted by atomic mass is 10.2. The second kappa shape index (κ2) is 6.96. The maximum atomic E-state index is 12.7. The van der Waals surface area contributed by atoms with Crippen molar-refractivity contribution < 1.29 is 9.53 Å². The van der Waals surface area contributed by atoms with Crippen molar-refractivity contribution in [2.24, 2.45) is 0 Å². The Bertz CT molecular complexity index is 1120. The first-order valence-electron chi connectivity index (χ1n) is 8.64. The molecule has 0 aliphatic rings. The molecule has 134 valence electrons. The molecule has 0 fully saturated rings. The van der Waals surface area contributed by atoms with E-state index in [0.29, 0.717) is 17.0 Å². The number of anilines is 1. The first kappa shape index (κ1) is 16.8. The van der Waals surface area contributed by atoms with Gasteiger partial charge >= 0.3 is 0 Å². The van der Waals surface area contributed by atoms with E-state index in [1.807, 2.05) is 72.2 Å². The molecule has 2 heterocycles. The molecule has 1 amide bonds. The predicted molar refractivity (Wildman–Crippen MR) is 106 cm³/mol. The molecule has 5 nitrogen and oxygen atoms in total. The van der Waals surface area contributed by atoms with Crippen LogP contribution in [0.25, 0.3) is 16.9 Å². The van der Waals surface area contributed by atoms with Crippen LogP contribution in [-0.4, -0.2) is 22.4 Å². The molecule has 0 aliphatic heterocycles. The number of pyridine rings is 1. The van der Waals surface area contributed by atoms with Crippen molar-refractivity contribution in [3.05, 3.63) is 84.2 Å². The number of fused-ring (bicyclic) bond motifs is 1. The van der Waals surface area contributed by atoms with Gasteiger partial charge in [0.25, 0.3) is 5.91 Å². The third kappa shape index (κ3) is 3.40. The lowest BCUT2D eigenvalue weighted by Crippen LogP contribution is -2.13. The molecule has 0 saturated heterocycles. The summed E-state index contributed by atoms with van der Waals surface area (Å²) in [6.45, 7) is 1.97. The van der Waals surface area contributed by atoms with E-state index < -0.39 is 0 Å². The van der Waals surface area contributed by atoms with Gasteiger partial charge < -0.3 is 14.5 Å². The van der Waals surface area contributed by atoms with Crippen molar-refractivity contribution in [3.8, 4) is 17.0 Å². The molecule has 5 heteroatoms. The Kier molecular flexibility index (Phi) is 4.34. The van der Waals surface area contributed by atoms with Crippen LogP contribution in [0.5, 0.6) is 5.75 Å². The standard InChI is InChI=1S/C22H19N3O2/c1-15-8-9-20(27-2)18(12-15)24-22(26)17-10-11-25-14-19(23-21(25)13-17)16-6-4-3-5-7-16/h3-14H,1-2H3,(H,24,26). The van der Waals surface area contributed by atoms with Crippen molar-refractivity contribution >= 4 is 17.2 Å². The molecule has 0 saturated carbocycles. The normalized spacial score (nSPS) is 10.7. The van der Waals surface area contributed by atoms with Crippen LogP contribution in [0, 0.1) is 6.92 Å². The molecule has 2 aromatic heterocycles. The maximum absolute atomic E-state index is 12.7. The molecular formula is C22H19N3O2. The topological polar surface area (TPSA) is 55.6 Å². The Morgan fingerprint density at radius 2 is 1.89 bits per heavy atom. The fourth-order valence-corrected chi connectivity index (χ4v) is 2.99. The largest absolute Gasteiger partial charge is 0.495 e. The van der Waals surface area contributed by atoms with E-state index in [2.05, 4.69) is 10.3 Å². The fraction of sp³-hybridized carbons (Fsp3) is 0.0909. The van der Waals surface area contributed by atoms with Crippen LogP contribution in [-0.2, 0) is 0 Å². The Morgan fingerprint density at radius 3 is 2.67 bits per heavy atom. The second-order valence-electron chi connectivity index (χ2n) is 6.33. The zero-order valence-electron chi connectivity index (χ0n) is 15.1. The molecule has 1 N–H and O–H groups in total. The number of aryl methyl sites for hydroxylation is 1. The highest BCUT2D eigenvalue weighted by Crippen LogP contribution is 2.26. The van der Waals surface area contributed by atoms with Crippen molar-refractivity contribution in [2.75, 3.05) is 12.4 Å². The maximum Gasteiger partial charge on any atom is 0.255 e. The molecule has 0 unspecified atom stereocenters. The summed E-state index contributed by atoms with van der Waals surface area (Å²) in [5.74, 6) is 0.424. The number of imidazole rings is 1. The third-order valence-electron chi connectivity index (χ3n) is 4.40. The van der Waals surface area contributed by atoms with Crippen molar-refractivity contribution in [3.63, 3.8) is 0 Å². The van der Waals surface area contributed by atoms with Crippen LogP contribution in [0.2, 0.25) is 0 Å². The minimum atomic E-state index is -0.203. The summed E-state index contributed by atoms with van der Waals surface area (Å²) in [7, 11) is 1.59. The van der Waals surface area contributed by atoms with Gasteiger partial charge in [0, 0.05) is 23.5 Å². The van der Waals surface area contributed by atoms with Gasteiger partial charge in [-0.1, -0.05) is 36.4 Å². The first-order chi connectivity index (χ1) is 13.1. The Hall–Kier alpha value is -3.60. The number of carbonyl (C=O) groups is 1. The van der Waals surface area contributed by atoms with E-state index in [0.717, 1.165) is 22.5 Å². The Balaban J connectivity index is 1.64. The van der Waals surface area contributed by atoms with Gasteiger partial charge in [0.15, 0.2) is 0 Å². The number of ether oxygens (including phenoxy) is 1. The van der Waals surface area contributed by atoms with E-state index in [9.17, 15) is 4.79 Å². The highest BCUT2D eigenvalue weighted by atomic mass is 16.5. The number of methoxy groups -OCH3 is 1. The molecular weight excluding hydrogens is 338 g/mol. The summed E-state index contributed by atoms with van der Waals surface area (Å²) in [6.07, 6.45) is 3.80. The number of amides is 1. The number of hydrogen-bond donors (Lipinski definition) is 1. The highest BCUT2D eigenvalue weighted by molar-refractivity contribution is 6.05. The summed E-state index contributed by atoms with van der Waals surface area (Å²) in [4.78, 5) is 17.3. The second-order valence-corrected chi connectivity index (χ2v) is 6.33. The van der Waals surface area contributed by atoms with Crippen LogP contribution in [0.3, 0.4) is 0 Å². The summed E-state index contributed by atoms with van der Waals surface area (Å²) < 4.78 is 7.24. The van der Waals surface area contributed by atoms with E-state index >= 15 is 0 Å². The van der Waals surface area contributed by atoms with Crippen molar-refractivity contribution in [1.29, 1.82) is 0 Å². The van der Waals surface area contributed by atoms with Gasteiger partial charge in [0.05, 0.1) is 18.5 Å². The van der Waals surface area contributed by atoms with E-state index in [1.165, 1.54) is 0 Å². The molecule has 2 aromatic carbocycles. The van der Waals surface area contributed by atoms with Gasteiger partial charge in [-0.15, -0.1) is 0 Å². The zero-order valence-corrected chi connectivity index (χ0v) is 15.1. The predicted octanol–water partition coefficient (Wildman–Crippen LogP) is 4.57. The molecule has 0 spiro atoms. The molecule has 0 radical (unpaired) electrons. The smallest absolute Gasteiger partial charge is 0.255 e. The van der Waals surface area contributed by atoms with Crippen LogP contribution in [0.4, 0.5) is 5.69 Å². The average molecular weight is 357 g/mol. The van der Waals surface area contributed by atoms with Gasteiger partial charge in [-0.2, -0.15) is 0 Å². The van der Waals surface area contributed by atoms with Gasteiger partial charge in [0.2, 0.25) is 0 Å².